The van der Waals surface area contributed by atoms with Crippen LogP contribution in [0.3, 0.4) is 0 Å². The van der Waals surface area contributed by atoms with Gasteiger partial charge in [0.25, 0.3) is 0 Å². The van der Waals surface area contributed by atoms with E-state index < -0.39 is 24.6 Å². The topological polar surface area (TPSA) is 72.5 Å². The van der Waals surface area contributed by atoms with Crippen molar-refractivity contribution in [2.24, 2.45) is 0 Å². The lowest BCUT2D eigenvalue weighted by Gasteiger charge is -2.14. The summed E-state index contributed by atoms with van der Waals surface area (Å²) in [5.74, 6) is -1.04. The zero-order valence-corrected chi connectivity index (χ0v) is 11.6. The van der Waals surface area contributed by atoms with E-state index >= 15 is 0 Å². The Balaban J connectivity index is 3.74. The van der Waals surface area contributed by atoms with E-state index in [4.69, 9.17) is 4.74 Å². The Bertz CT molecular complexity index is 275. The van der Waals surface area contributed by atoms with Crippen molar-refractivity contribution in [3.05, 3.63) is 12.7 Å². The fourth-order valence-electron chi connectivity index (χ4n) is 1.47. The number of ether oxygens (including phenoxy) is 2. The largest absolute Gasteiger partial charge is 0.458 e. The molecule has 5 heteroatoms. The minimum atomic E-state index is -0.910. The predicted octanol–water partition coefficient (Wildman–Crippen LogP) is 2.42. The van der Waals surface area contributed by atoms with Crippen molar-refractivity contribution in [3.8, 4) is 0 Å². The number of hydrogen-bond acceptors (Lipinski definition) is 4. The molecule has 0 rings (SSSR count). The van der Waals surface area contributed by atoms with Crippen LogP contribution < -0.4 is 0 Å². The number of rotatable bonds is 11. The van der Waals surface area contributed by atoms with Crippen LogP contribution in [0.2, 0.25) is 0 Å². The van der Waals surface area contributed by atoms with E-state index in [1.807, 2.05) is 0 Å². The maximum Gasteiger partial charge on any atom is 0.330 e. The van der Waals surface area contributed by atoms with Gasteiger partial charge in [-0.1, -0.05) is 39.2 Å². The van der Waals surface area contributed by atoms with Gasteiger partial charge in [0.05, 0.1) is 0 Å². The second-order valence-electron chi connectivity index (χ2n) is 4.28. The first kappa shape index (κ1) is 17.6. The molecule has 0 aliphatic rings. The van der Waals surface area contributed by atoms with Gasteiger partial charge in [0, 0.05) is 12.5 Å². The van der Waals surface area contributed by atoms with Crippen molar-refractivity contribution in [3.63, 3.8) is 0 Å². The van der Waals surface area contributed by atoms with Gasteiger partial charge in [-0.25, -0.2) is 9.90 Å². The molecule has 0 aliphatic heterocycles. The SMILES string of the molecule is C=CC(=O)OCC(C[O])OC(=O)CCCCCCC. The second-order valence-corrected chi connectivity index (χ2v) is 4.28. The number of carbonyl (C=O) groups excluding carboxylic acids is 2. The van der Waals surface area contributed by atoms with E-state index in [0.717, 1.165) is 38.2 Å². The summed E-state index contributed by atoms with van der Waals surface area (Å²) in [5, 5.41) is 10.8. The van der Waals surface area contributed by atoms with Gasteiger partial charge in [-0.05, 0) is 6.42 Å². The standard InChI is InChI=1S/C14H23O5/c1-3-5-6-7-8-9-14(17)19-12(10-15)11-18-13(16)4-2/h4,12H,2-3,5-11H2,1H3. The molecule has 0 bridgehead atoms. The van der Waals surface area contributed by atoms with Gasteiger partial charge in [-0.2, -0.15) is 0 Å². The van der Waals surface area contributed by atoms with Gasteiger partial charge in [-0.15, -0.1) is 0 Å². The summed E-state index contributed by atoms with van der Waals surface area (Å²) >= 11 is 0. The molecule has 0 amide bonds. The minimum Gasteiger partial charge on any atom is -0.458 e. The number of carbonyl (C=O) groups is 2. The molecule has 1 unspecified atom stereocenters. The third-order valence-corrected chi connectivity index (χ3v) is 2.55. The molecule has 0 aliphatic carbocycles. The van der Waals surface area contributed by atoms with Crippen molar-refractivity contribution in [2.45, 2.75) is 51.6 Å². The van der Waals surface area contributed by atoms with E-state index in [9.17, 15) is 14.7 Å². The van der Waals surface area contributed by atoms with Crippen molar-refractivity contribution < 1.29 is 24.2 Å². The lowest BCUT2D eigenvalue weighted by Crippen LogP contribution is -2.27. The quantitative estimate of drug-likeness (QED) is 0.328. The molecule has 109 valence electrons. The Labute approximate surface area is 114 Å². The van der Waals surface area contributed by atoms with E-state index in [1.54, 1.807) is 0 Å². The van der Waals surface area contributed by atoms with Crippen LogP contribution in [0.25, 0.3) is 0 Å². The molecule has 0 heterocycles. The first-order valence-electron chi connectivity index (χ1n) is 6.70. The fourth-order valence-corrected chi connectivity index (χ4v) is 1.47. The summed E-state index contributed by atoms with van der Waals surface area (Å²) in [5.41, 5.74) is 0. The van der Waals surface area contributed by atoms with Crippen LogP contribution in [-0.2, 0) is 24.2 Å². The average molecular weight is 271 g/mol. The number of esters is 2. The highest BCUT2D eigenvalue weighted by atomic mass is 16.6. The zero-order chi connectivity index (χ0) is 14.5. The van der Waals surface area contributed by atoms with Crippen LogP contribution in [0, 0.1) is 0 Å². The highest BCUT2D eigenvalue weighted by Crippen LogP contribution is 2.07. The molecular formula is C14H23O5. The monoisotopic (exact) mass is 271 g/mol. The van der Waals surface area contributed by atoms with Crippen LogP contribution in [0.1, 0.15) is 45.4 Å². The summed E-state index contributed by atoms with van der Waals surface area (Å²) in [6.07, 6.45) is 5.55. The molecule has 0 fully saturated rings. The van der Waals surface area contributed by atoms with Gasteiger partial charge >= 0.3 is 11.9 Å². The molecule has 1 atom stereocenters. The third kappa shape index (κ3) is 10.3. The molecule has 0 N–H and O–H groups in total. The highest BCUT2D eigenvalue weighted by Gasteiger charge is 2.15. The van der Waals surface area contributed by atoms with Crippen molar-refractivity contribution in [1.82, 2.24) is 0 Å². The average Bonchev–Trinajstić information content (AvgIpc) is 2.42. The molecule has 5 nitrogen and oxygen atoms in total. The minimum absolute atomic E-state index is 0.212. The first-order valence-corrected chi connectivity index (χ1v) is 6.70. The molecule has 0 saturated carbocycles. The normalized spacial score (nSPS) is 11.7. The maximum absolute atomic E-state index is 11.4. The smallest absolute Gasteiger partial charge is 0.330 e. The molecule has 0 spiro atoms. The predicted molar refractivity (Wildman–Crippen MR) is 70.0 cm³/mol. The molecule has 0 aromatic carbocycles. The second kappa shape index (κ2) is 11.7. The first-order chi connectivity index (χ1) is 9.13. The van der Waals surface area contributed by atoms with Crippen LogP contribution >= 0.6 is 0 Å². The molecule has 0 aromatic rings. The molecule has 0 aromatic heterocycles. The Morgan fingerprint density at radius 2 is 1.89 bits per heavy atom. The lowest BCUT2D eigenvalue weighted by atomic mass is 10.1. The maximum atomic E-state index is 11.4. The summed E-state index contributed by atoms with van der Waals surface area (Å²) in [6.45, 7) is 4.52. The summed E-state index contributed by atoms with van der Waals surface area (Å²) < 4.78 is 9.61. The van der Waals surface area contributed by atoms with Gasteiger partial charge in [0.2, 0.25) is 0 Å². The van der Waals surface area contributed by atoms with Crippen molar-refractivity contribution >= 4 is 11.9 Å². The van der Waals surface area contributed by atoms with E-state index in [1.165, 1.54) is 0 Å². The summed E-state index contributed by atoms with van der Waals surface area (Å²) in [4.78, 5) is 22.2. The Kier molecular flexibility index (Phi) is 10.9. The van der Waals surface area contributed by atoms with Crippen LogP contribution in [0.5, 0.6) is 0 Å². The van der Waals surface area contributed by atoms with Gasteiger partial charge in [0.15, 0.2) is 6.10 Å². The third-order valence-electron chi connectivity index (χ3n) is 2.55. The fraction of sp³-hybridized carbons (Fsp3) is 0.714. The van der Waals surface area contributed by atoms with Gasteiger partial charge < -0.3 is 9.47 Å². The van der Waals surface area contributed by atoms with Gasteiger partial charge in [-0.3, -0.25) is 4.79 Å². The van der Waals surface area contributed by atoms with Gasteiger partial charge in [0.1, 0.15) is 13.2 Å². The lowest BCUT2D eigenvalue weighted by molar-refractivity contribution is -0.160. The van der Waals surface area contributed by atoms with Crippen molar-refractivity contribution in [2.75, 3.05) is 13.2 Å². The molecule has 1 radical (unpaired) electrons. The summed E-state index contributed by atoms with van der Waals surface area (Å²) in [7, 11) is 0. The van der Waals surface area contributed by atoms with E-state index in [-0.39, 0.29) is 6.61 Å². The molecular weight excluding hydrogens is 248 g/mol. The number of unbranched alkanes of at least 4 members (excludes halogenated alkanes) is 4. The Hall–Kier alpha value is -1.36. The zero-order valence-electron chi connectivity index (χ0n) is 11.6. The summed E-state index contributed by atoms with van der Waals surface area (Å²) in [6, 6.07) is 0. The molecule has 0 saturated heterocycles. The van der Waals surface area contributed by atoms with Crippen LogP contribution in [-0.4, -0.2) is 31.3 Å². The Morgan fingerprint density at radius 3 is 2.47 bits per heavy atom. The molecule has 19 heavy (non-hydrogen) atoms. The number of hydrogen-bond donors (Lipinski definition) is 0. The van der Waals surface area contributed by atoms with E-state index in [2.05, 4.69) is 18.2 Å². The van der Waals surface area contributed by atoms with Crippen molar-refractivity contribution in [1.29, 1.82) is 0 Å². The van der Waals surface area contributed by atoms with Crippen LogP contribution in [0.4, 0.5) is 0 Å². The Morgan fingerprint density at radius 1 is 1.21 bits per heavy atom. The van der Waals surface area contributed by atoms with Crippen LogP contribution in [0.15, 0.2) is 12.7 Å². The van der Waals surface area contributed by atoms with E-state index in [0.29, 0.717) is 6.42 Å². The highest BCUT2D eigenvalue weighted by molar-refractivity contribution is 5.81.